The van der Waals surface area contributed by atoms with Crippen LogP contribution >= 0.6 is 0 Å². The van der Waals surface area contributed by atoms with E-state index < -0.39 is 6.03 Å². The maximum absolute atomic E-state index is 12.0. The standard InChI is InChI=1S/C19H30N4O3/c1-19(2,3)21-18(25)20-17(24)15-23-11-9-22(10-12-23)13-14-26-16-7-5-4-6-8-16/h4-8H,9-15H2,1-3H3,(H2,20,21,24,25)/p+2. The van der Waals surface area contributed by atoms with Crippen molar-refractivity contribution < 1.29 is 24.1 Å². The highest BCUT2D eigenvalue weighted by molar-refractivity contribution is 5.94. The molecule has 1 saturated heterocycles. The number of ether oxygens (including phenoxy) is 1. The average molecular weight is 364 g/mol. The van der Waals surface area contributed by atoms with Gasteiger partial charge in [0, 0.05) is 5.54 Å². The number of carbonyl (C=O) groups excluding carboxylic acids is 2. The second-order valence-electron chi connectivity index (χ2n) is 7.84. The number of rotatable bonds is 6. The van der Waals surface area contributed by atoms with E-state index in [0.717, 1.165) is 38.5 Å². The number of piperazine rings is 1. The molecule has 0 unspecified atom stereocenters. The number of urea groups is 1. The van der Waals surface area contributed by atoms with Gasteiger partial charge in [-0.25, -0.2) is 4.79 Å². The lowest BCUT2D eigenvalue weighted by Gasteiger charge is -2.29. The van der Waals surface area contributed by atoms with E-state index in [2.05, 4.69) is 10.6 Å². The molecule has 1 fully saturated rings. The number of para-hydroxylation sites is 1. The van der Waals surface area contributed by atoms with Crippen LogP contribution in [0.1, 0.15) is 20.8 Å². The third-order valence-corrected chi connectivity index (χ3v) is 4.28. The Bertz CT molecular complexity index is 578. The number of imide groups is 1. The van der Waals surface area contributed by atoms with Crippen molar-refractivity contribution >= 4 is 11.9 Å². The molecular formula is C19H32N4O3+2. The van der Waals surface area contributed by atoms with Gasteiger partial charge in [-0.1, -0.05) is 18.2 Å². The highest BCUT2D eigenvalue weighted by Gasteiger charge is 2.25. The summed E-state index contributed by atoms with van der Waals surface area (Å²) in [6.45, 7) is 11.5. The first kappa shape index (κ1) is 20.2. The number of nitrogens with one attached hydrogen (secondary N) is 4. The second kappa shape index (κ2) is 9.54. The fourth-order valence-electron chi connectivity index (χ4n) is 2.98. The molecule has 1 aliphatic rings. The summed E-state index contributed by atoms with van der Waals surface area (Å²) in [4.78, 5) is 26.4. The number of hydrogen-bond acceptors (Lipinski definition) is 3. The zero-order valence-electron chi connectivity index (χ0n) is 16.1. The Kier molecular flexibility index (Phi) is 7.41. The first-order valence-corrected chi connectivity index (χ1v) is 9.29. The van der Waals surface area contributed by atoms with Crippen molar-refractivity contribution in [2.45, 2.75) is 26.3 Å². The normalized spacial score (nSPS) is 20.3. The van der Waals surface area contributed by atoms with E-state index >= 15 is 0 Å². The molecule has 1 aromatic carbocycles. The second-order valence-corrected chi connectivity index (χ2v) is 7.84. The fourth-order valence-corrected chi connectivity index (χ4v) is 2.98. The number of hydrogen-bond donors (Lipinski definition) is 4. The Morgan fingerprint density at radius 3 is 2.27 bits per heavy atom. The van der Waals surface area contributed by atoms with Crippen molar-refractivity contribution in [3.8, 4) is 5.75 Å². The van der Waals surface area contributed by atoms with Crippen LogP contribution in [0.25, 0.3) is 0 Å². The first-order chi connectivity index (χ1) is 12.3. The van der Waals surface area contributed by atoms with E-state index in [4.69, 9.17) is 4.74 Å². The van der Waals surface area contributed by atoms with E-state index in [-0.39, 0.29) is 11.4 Å². The minimum atomic E-state index is -0.427. The van der Waals surface area contributed by atoms with Crippen molar-refractivity contribution in [3.63, 3.8) is 0 Å². The molecule has 0 radical (unpaired) electrons. The maximum Gasteiger partial charge on any atom is 0.322 e. The summed E-state index contributed by atoms with van der Waals surface area (Å²) in [6.07, 6.45) is 0. The quantitative estimate of drug-likeness (QED) is 0.495. The minimum Gasteiger partial charge on any atom is -0.488 e. The predicted molar refractivity (Wildman–Crippen MR) is 99.5 cm³/mol. The van der Waals surface area contributed by atoms with Gasteiger partial charge in [0.05, 0.1) is 0 Å². The molecule has 1 heterocycles. The molecule has 0 aromatic heterocycles. The van der Waals surface area contributed by atoms with Crippen LogP contribution in [0.3, 0.4) is 0 Å². The molecule has 3 amide bonds. The maximum atomic E-state index is 12.0. The van der Waals surface area contributed by atoms with Crippen LogP contribution in [0, 0.1) is 0 Å². The molecule has 1 aromatic rings. The van der Waals surface area contributed by atoms with Gasteiger partial charge in [-0.05, 0) is 32.9 Å². The molecular weight excluding hydrogens is 332 g/mol. The smallest absolute Gasteiger partial charge is 0.322 e. The van der Waals surface area contributed by atoms with Gasteiger partial charge in [-0.15, -0.1) is 0 Å². The first-order valence-electron chi connectivity index (χ1n) is 9.29. The SMILES string of the molecule is CC(C)(C)NC(=O)NC(=O)C[NH+]1CC[NH+](CCOc2ccccc2)CC1. The number of carbonyl (C=O) groups is 2. The van der Waals surface area contributed by atoms with Crippen LogP contribution in [0.5, 0.6) is 5.75 Å². The third-order valence-electron chi connectivity index (χ3n) is 4.28. The van der Waals surface area contributed by atoms with Crippen molar-refractivity contribution in [2.24, 2.45) is 0 Å². The number of benzene rings is 1. The monoisotopic (exact) mass is 364 g/mol. The molecule has 2 rings (SSSR count). The van der Waals surface area contributed by atoms with Crippen molar-refractivity contribution in [1.82, 2.24) is 10.6 Å². The van der Waals surface area contributed by atoms with Gasteiger partial charge in [0.15, 0.2) is 6.54 Å². The summed E-state index contributed by atoms with van der Waals surface area (Å²) in [7, 11) is 0. The Morgan fingerprint density at radius 2 is 1.65 bits per heavy atom. The summed E-state index contributed by atoms with van der Waals surface area (Å²) in [5.74, 6) is 0.680. The predicted octanol–water partition coefficient (Wildman–Crippen LogP) is -1.53. The van der Waals surface area contributed by atoms with Crippen molar-refractivity contribution in [3.05, 3.63) is 30.3 Å². The van der Waals surface area contributed by atoms with Gasteiger partial charge in [0.25, 0.3) is 5.91 Å². The highest BCUT2D eigenvalue weighted by atomic mass is 16.5. The van der Waals surface area contributed by atoms with Crippen molar-refractivity contribution in [2.75, 3.05) is 45.9 Å². The molecule has 4 N–H and O–H groups in total. The van der Waals surface area contributed by atoms with Gasteiger partial charge in [0.1, 0.15) is 45.1 Å². The van der Waals surface area contributed by atoms with Gasteiger partial charge >= 0.3 is 6.03 Å². The summed E-state index contributed by atoms with van der Waals surface area (Å²) >= 11 is 0. The lowest BCUT2D eigenvalue weighted by atomic mass is 10.1. The third kappa shape index (κ3) is 7.84. The van der Waals surface area contributed by atoms with E-state index in [1.807, 2.05) is 51.1 Å². The molecule has 26 heavy (non-hydrogen) atoms. The fraction of sp³-hybridized carbons (Fsp3) is 0.579. The molecule has 0 atom stereocenters. The molecule has 0 aliphatic carbocycles. The minimum absolute atomic E-state index is 0.224. The molecule has 7 heteroatoms. The zero-order chi connectivity index (χ0) is 19.0. The number of quaternary nitrogens is 2. The van der Waals surface area contributed by atoms with Crippen LogP contribution < -0.4 is 25.2 Å². The Morgan fingerprint density at radius 1 is 1.04 bits per heavy atom. The Labute approximate surface area is 155 Å². The van der Waals surface area contributed by atoms with E-state index in [9.17, 15) is 9.59 Å². The lowest BCUT2D eigenvalue weighted by Crippen LogP contribution is -3.28. The van der Waals surface area contributed by atoms with Crippen LogP contribution in [0.2, 0.25) is 0 Å². The van der Waals surface area contributed by atoms with Crippen LogP contribution in [-0.4, -0.2) is 63.4 Å². The van der Waals surface area contributed by atoms with Crippen LogP contribution in [0.4, 0.5) is 4.79 Å². The topological polar surface area (TPSA) is 76.3 Å². The summed E-state index contributed by atoms with van der Waals surface area (Å²) in [6, 6.07) is 9.42. The largest absolute Gasteiger partial charge is 0.488 e. The van der Waals surface area contributed by atoms with E-state index in [1.165, 1.54) is 9.80 Å². The van der Waals surface area contributed by atoms with E-state index in [0.29, 0.717) is 13.2 Å². The van der Waals surface area contributed by atoms with Crippen LogP contribution in [-0.2, 0) is 4.79 Å². The van der Waals surface area contributed by atoms with E-state index in [1.54, 1.807) is 0 Å². The van der Waals surface area contributed by atoms with Crippen LogP contribution in [0.15, 0.2) is 30.3 Å². The van der Waals surface area contributed by atoms with Gasteiger partial charge in [-0.2, -0.15) is 0 Å². The molecule has 0 spiro atoms. The molecule has 1 aliphatic heterocycles. The highest BCUT2D eigenvalue weighted by Crippen LogP contribution is 2.07. The summed E-state index contributed by atoms with van der Waals surface area (Å²) < 4.78 is 5.75. The Hall–Kier alpha value is -2.12. The Balaban J connectivity index is 1.60. The molecule has 0 bridgehead atoms. The number of amides is 3. The lowest BCUT2D eigenvalue weighted by molar-refractivity contribution is -1.01. The van der Waals surface area contributed by atoms with Gasteiger partial charge < -0.3 is 19.9 Å². The van der Waals surface area contributed by atoms with Gasteiger partial charge in [0.2, 0.25) is 0 Å². The molecule has 7 nitrogen and oxygen atoms in total. The summed E-state index contributed by atoms with van der Waals surface area (Å²) in [5, 5.41) is 5.14. The average Bonchev–Trinajstić information content (AvgIpc) is 2.55. The zero-order valence-corrected chi connectivity index (χ0v) is 16.1. The molecule has 144 valence electrons. The van der Waals surface area contributed by atoms with Crippen molar-refractivity contribution in [1.29, 1.82) is 0 Å². The van der Waals surface area contributed by atoms with Gasteiger partial charge in [-0.3, -0.25) is 10.1 Å². The summed E-state index contributed by atoms with van der Waals surface area (Å²) in [5.41, 5.74) is -0.353. The molecule has 0 saturated carbocycles.